The Hall–Kier alpha value is -1.84. The van der Waals surface area contributed by atoms with Crippen LogP contribution in [0.5, 0.6) is 0 Å². The van der Waals surface area contributed by atoms with Gasteiger partial charge in [-0.1, -0.05) is 12.1 Å². The molecule has 1 fully saturated rings. The fourth-order valence-corrected chi connectivity index (χ4v) is 1.80. The highest BCUT2D eigenvalue weighted by atomic mass is 16.2. The number of imidazole rings is 1. The van der Waals surface area contributed by atoms with E-state index in [4.69, 9.17) is 0 Å². The first kappa shape index (κ1) is 9.39. The number of aromatic amines is 1. The van der Waals surface area contributed by atoms with Crippen molar-refractivity contribution in [3.63, 3.8) is 0 Å². The summed E-state index contributed by atoms with van der Waals surface area (Å²) in [6, 6.07) is 5.94. The van der Waals surface area contributed by atoms with Gasteiger partial charge in [0, 0.05) is 5.92 Å². The molecule has 4 heteroatoms. The molecule has 1 aliphatic carbocycles. The Bertz CT molecular complexity index is 554. The first-order valence-corrected chi connectivity index (χ1v) is 5.50. The van der Waals surface area contributed by atoms with E-state index in [-0.39, 0.29) is 11.8 Å². The molecular weight excluding hydrogens is 202 g/mol. The van der Waals surface area contributed by atoms with E-state index < -0.39 is 0 Å². The summed E-state index contributed by atoms with van der Waals surface area (Å²) in [6.45, 7) is 2.01. The average Bonchev–Trinajstić information content (AvgIpc) is 3.01. The number of aromatic nitrogens is 2. The van der Waals surface area contributed by atoms with Crippen LogP contribution in [0.15, 0.2) is 18.2 Å². The van der Waals surface area contributed by atoms with E-state index in [0.717, 1.165) is 29.4 Å². The molecule has 0 atom stereocenters. The van der Waals surface area contributed by atoms with Crippen LogP contribution in [-0.4, -0.2) is 15.9 Å². The van der Waals surface area contributed by atoms with E-state index in [9.17, 15) is 4.79 Å². The van der Waals surface area contributed by atoms with Crippen LogP contribution < -0.4 is 5.32 Å². The zero-order valence-corrected chi connectivity index (χ0v) is 9.08. The van der Waals surface area contributed by atoms with Crippen molar-refractivity contribution in [1.29, 1.82) is 0 Å². The lowest BCUT2D eigenvalue weighted by Gasteiger charge is -1.97. The van der Waals surface area contributed by atoms with E-state index in [0.29, 0.717) is 5.95 Å². The monoisotopic (exact) mass is 215 g/mol. The highest BCUT2D eigenvalue weighted by Gasteiger charge is 2.30. The van der Waals surface area contributed by atoms with Crippen LogP contribution in [-0.2, 0) is 4.79 Å². The van der Waals surface area contributed by atoms with Gasteiger partial charge in [-0.3, -0.25) is 10.1 Å². The molecule has 2 aromatic rings. The van der Waals surface area contributed by atoms with Crippen molar-refractivity contribution in [2.75, 3.05) is 5.32 Å². The normalized spacial score (nSPS) is 15.3. The van der Waals surface area contributed by atoms with E-state index in [1.54, 1.807) is 0 Å². The number of amides is 1. The molecule has 3 rings (SSSR count). The van der Waals surface area contributed by atoms with Crippen molar-refractivity contribution in [3.8, 4) is 0 Å². The van der Waals surface area contributed by atoms with Crippen LogP contribution in [0.1, 0.15) is 18.4 Å². The Labute approximate surface area is 93.1 Å². The second-order valence-corrected chi connectivity index (χ2v) is 4.32. The molecule has 0 unspecified atom stereocenters. The Kier molecular flexibility index (Phi) is 1.96. The summed E-state index contributed by atoms with van der Waals surface area (Å²) in [5.41, 5.74) is 3.00. The van der Waals surface area contributed by atoms with Crippen molar-refractivity contribution in [2.24, 2.45) is 5.92 Å². The zero-order chi connectivity index (χ0) is 11.1. The third-order valence-corrected chi connectivity index (χ3v) is 2.90. The molecule has 1 saturated carbocycles. The molecule has 0 aliphatic heterocycles. The van der Waals surface area contributed by atoms with Crippen LogP contribution in [0.25, 0.3) is 11.0 Å². The van der Waals surface area contributed by atoms with Gasteiger partial charge in [-0.05, 0) is 31.4 Å². The molecule has 82 valence electrons. The maximum Gasteiger partial charge on any atom is 0.229 e. The number of fused-ring (bicyclic) bond motifs is 1. The predicted molar refractivity (Wildman–Crippen MR) is 62.2 cm³/mol. The Balaban J connectivity index is 1.92. The van der Waals surface area contributed by atoms with Crippen LogP contribution in [0.3, 0.4) is 0 Å². The summed E-state index contributed by atoms with van der Waals surface area (Å²) in [4.78, 5) is 19.0. The predicted octanol–water partition coefficient (Wildman–Crippen LogP) is 2.22. The van der Waals surface area contributed by atoms with E-state index in [1.807, 2.05) is 25.1 Å². The van der Waals surface area contributed by atoms with Crippen molar-refractivity contribution < 1.29 is 4.79 Å². The molecule has 1 amide bonds. The topological polar surface area (TPSA) is 57.8 Å². The van der Waals surface area contributed by atoms with Crippen molar-refractivity contribution in [3.05, 3.63) is 23.8 Å². The van der Waals surface area contributed by atoms with Crippen LogP contribution >= 0.6 is 0 Å². The summed E-state index contributed by atoms with van der Waals surface area (Å²) in [5.74, 6) is 0.840. The summed E-state index contributed by atoms with van der Waals surface area (Å²) >= 11 is 0. The molecular formula is C12H13N3O. The van der Waals surface area contributed by atoms with E-state index in [2.05, 4.69) is 15.3 Å². The number of carbonyl (C=O) groups is 1. The minimum absolute atomic E-state index is 0.0803. The Morgan fingerprint density at radius 3 is 3.00 bits per heavy atom. The quantitative estimate of drug-likeness (QED) is 0.807. The number of H-pyrrole nitrogens is 1. The maximum absolute atomic E-state index is 11.6. The van der Waals surface area contributed by atoms with Gasteiger partial charge in [0.2, 0.25) is 11.9 Å². The number of anilines is 1. The molecule has 0 radical (unpaired) electrons. The molecule has 2 N–H and O–H groups in total. The Morgan fingerprint density at radius 2 is 2.31 bits per heavy atom. The van der Waals surface area contributed by atoms with Crippen molar-refractivity contribution in [2.45, 2.75) is 19.8 Å². The number of para-hydroxylation sites is 1. The number of aryl methyl sites for hydroxylation is 1. The molecule has 1 aliphatic rings. The summed E-state index contributed by atoms with van der Waals surface area (Å²) in [5, 5.41) is 2.81. The van der Waals surface area contributed by atoms with Gasteiger partial charge in [0.05, 0.1) is 11.0 Å². The van der Waals surface area contributed by atoms with E-state index >= 15 is 0 Å². The number of benzene rings is 1. The number of carbonyl (C=O) groups excluding carboxylic acids is 1. The standard InChI is InChI=1S/C12H13N3O/c1-7-3-2-4-9-10(7)14-12(13-9)15-11(16)8-5-6-8/h2-4,8H,5-6H2,1H3,(H2,13,14,15,16). The van der Waals surface area contributed by atoms with Gasteiger partial charge in [-0.15, -0.1) is 0 Å². The minimum Gasteiger partial charge on any atom is -0.324 e. The zero-order valence-electron chi connectivity index (χ0n) is 9.08. The summed E-state index contributed by atoms with van der Waals surface area (Å²) in [7, 11) is 0. The van der Waals surface area contributed by atoms with Gasteiger partial charge in [-0.25, -0.2) is 4.98 Å². The lowest BCUT2D eigenvalue weighted by molar-refractivity contribution is -0.117. The first-order valence-electron chi connectivity index (χ1n) is 5.50. The van der Waals surface area contributed by atoms with Crippen molar-refractivity contribution >= 4 is 22.9 Å². The molecule has 16 heavy (non-hydrogen) atoms. The fraction of sp³-hybridized carbons (Fsp3) is 0.333. The molecule has 0 bridgehead atoms. The third-order valence-electron chi connectivity index (χ3n) is 2.90. The lowest BCUT2D eigenvalue weighted by Crippen LogP contribution is -2.14. The van der Waals surface area contributed by atoms with Crippen LogP contribution in [0.4, 0.5) is 5.95 Å². The first-order chi connectivity index (χ1) is 7.74. The van der Waals surface area contributed by atoms with Gasteiger partial charge in [0.1, 0.15) is 0 Å². The fourth-order valence-electron chi connectivity index (χ4n) is 1.80. The average molecular weight is 215 g/mol. The van der Waals surface area contributed by atoms with Gasteiger partial charge in [-0.2, -0.15) is 0 Å². The van der Waals surface area contributed by atoms with Gasteiger partial charge in [0.25, 0.3) is 0 Å². The number of nitrogens with one attached hydrogen (secondary N) is 2. The van der Waals surface area contributed by atoms with Gasteiger partial charge in [0.15, 0.2) is 0 Å². The number of nitrogens with zero attached hydrogens (tertiary/aromatic N) is 1. The second-order valence-electron chi connectivity index (χ2n) is 4.32. The SMILES string of the molecule is Cc1cccc2[nH]c(NC(=O)C3CC3)nc12. The summed E-state index contributed by atoms with van der Waals surface area (Å²) in [6.07, 6.45) is 2.01. The molecule has 1 aromatic heterocycles. The van der Waals surface area contributed by atoms with Crippen LogP contribution in [0, 0.1) is 12.8 Å². The molecule has 4 nitrogen and oxygen atoms in total. The third kappa shape index (κ3) is 1.56. The van der Waals surface area contributed by atoms with Gasteiger partial charge < -0.3 is 4.98 Å². The number of rotatable bonds is 2. The minimum atomic E-state index is 0.0803. The maximum atomic E-state index is 11.6. The second kappa shape index (κ2) is 3.33. The largest absolute Gasteiger partial charge is 0.324 e. The Morgan fingerprint density at radius 1 is 1.50 bits per heavy atom. The van der Waals surface area contributed by atoms with E-state index in [1.165, 1.54) is 0 Å². The van der Waals surface area contributed by atoms with Gasteiger partial charge >= 0.3 is 0 Å². The lowest BCUT2D eigenvalue weighted by atomic mass is 10.2. The highest BCUT2D eigenvalue weighted by Crippen LogP contribution is 2.30. The smallest absolute Gasteiger partial charge is 0.229 e. The molecule has 0 spiro atoms. The molecule has 0 saturated heterocycles. The summed E-state index contributed by atoms with van der Waals surface area (Å²) < 4.78 is 0. The van der Waals surface area contributed by atoms with Crippen molar-refractivity contribution in [1.82, 2.24) is 9.97 Å². The molecule has 1 aromatic carbocycles. The van der Waals surface area contributed by atoms with Crippen LogP contribution in [0.2, 0.25) is 0 Å². The number of hydrogen-bond acceptors (Lipinski definition) is 2. The highest BCUT2D eigenvalue weighted by molar-refractivity contribution is 5.94. The molecule has 1 heterocycles. The number of hydrogen-bond donors (Lipinski definition) is 2.